The summed E-state index contributed by atoms with van der Waals surface area (Å²) < 4.78 is 13.7. The van der Waals surface area contributed by atoms with Gasteiger partial charge in [0.25, 0.3) is 0 Å². The summed E-state index contributed by atoms with van der Waals surface area (Å²) in [5, 5.41) is 13.1. The molecule has 1 aromatic rings. The van der Waals surface area contributed by atoms with Crippen molar-refractivity contribution >= 4 is 12.6 Å². The lowest BCUT2D eigenvalue weighted by atomic mass is 9.82. The molecule has 0 spiro atoms. The molecule has 1 unspecified atom stereocenters. The van der Waals surface area contributed by atoms with Crippen molar-refractivity contribution in [2.75, 3.05) is 0 Å². The number of aromatic nitrogens is 2. The molecule has 0 aliphatic carbocycles. The first-order chi connectivity index (χ1) is 8.75. The lowest BCUT2D eigenvalue weighted by molar-refractivity contribution is 0.00578. The van der Waals surface area contributed by atoms with Crippen molar-refractivity contribution in [1.29, 1.82) is 5.26 Å². The molecule has 2 rings (SSSR count). The van der Waals surface area contributed by atoms with Crippen molar-refractivity contribution in [3.8, 4) is 6.07 Å². The zero-order valence-electron chi connectivity index (χ0n) is 12.2. The Morgan fingerprint density at radius 3 is 2.47 bits per heavy atom. The second-order valence-corrected chi connectivity index (χ2v) is 6.11. The third-order valence-corrected chi connectivity index (χ3v) is 3.86. The van der Waals surface area contributed by atoms with Crippen LogP contribution in [0.15, 0.2) is 12.4 Å². The average Bonchev–Trinajstić information content (AvgIpc) is 2.82. The Hall–Kier alpha value is -1.32. The topological polar surface area (TPSA) is 60.1 Å². The summed E-state index contributed by atoms with van der Waals surface area (Å²) in [7, 11) is -0.392. The molecule has 2 heterocycles. The fourth-order valence-electron chi connectivity index (χ4n) is 1.90. The van der Waals surface area contributed by atoms with E-state index in [2.05, 4.69) is 11.2 Å². The van der Waals surface area contributed by atoms with Crippen molar-refractivity contribution in [3.63, 3.8) is 0 Å². The van der Waals surface area contributed by atoms with E-state index in [4.69, 9.17) is 14.6 Å². The van der Waals surface area contributed by atoms with Crippen LogP contribution in [-0.4, -0.2) is 28.1 Å². The van der Waals surface area contributed by atoms with Crippen LogP contribution in [0.5, 0.6) is 0 Å². The minimum absolute atomic E-state index is 0.0638. The Bertz CT molecular complexity index is 488. The standard InChI is InChI=1S/C13H20BN3O2/c1-10(6-15)8-17-9-11(7-16-17)14-18-12(2,3)13(4,5)19-14/h7,9-10H,8H2,1-5H3. The molecule has 0 radical (unpaired) electrons. The predicted octanol–water partition coefficient (Wildman–Crippen LogP) is 1.34. The van der Waals surface area contributed by atoms with E-state index in [1.807, 2.05) is 40.8 Å². The van der Waals surface area contributed by atoms with Crippen LogP contribution in [0.4, 0.5) is 0 Å². The smallest absolute Gasteiger partial charge is 0.399 e. The Balaban J connectivity index is 2.11. The summed E-state index contributed by atoms with van der Waals surface area (Å²) in [6.45, 7) is 10.5. The van der Waals surface area contributed by atoms with Crippen LogP contribution in [0.25, 0.3) is 0 Å². The van der Waals surface area contributed by atoms with Gasteiger partial charge >= 0.3 is 7.12 Å². The molecule has 1 saturated heterocycles. The highest BCUT2D eigenvalue weighted by molar-refractivity contribution is 6.61. The first-order valence-corrected chi connectivity index (χ1v) is 6.53. The molecule has 19 heavy (non-hydrogen) atoms. The van der Waals surface area contributed by atoms with E-state index in [0.717, 1.165) is 5.46 Å². The van der Waals surface area contributed by atoms with E-state index in [9.17, 15) is 0 Å². The molecule has 0 saturated carbocycles. The van der Waals surface area contributed by atoms with Crippen molar-refractivity contribution in [2.45, 2.75) is 52.4 Å². The fourth-order valence-corrected chi connectivity index (χ4v) is 1.90. The monoisotopic (exact) mass is 261 g/mol. The van der Waals surface area contributed by atoms with E-state index in [1.165, 1.54) is 0 Å². The first-order valence-electron chi connectivity index (χ1n) is 6.53. The lowest BCUT2D eigenvalue weighted by Crippen LogP contribution is -2.41. The van der Waals surface area contributed by atoms with Gasteiger partial charge < -0.3 is 9.31 Å². The van der Waals surface area contributed by atoms with Crippen LogP contribution < -0.4 is 5.46 Å². The molecule has 1 aromatic heterocycles. The maximum Gasteiger partial charge on any atom is 0.498 e. The van der Waals surface area contributed by atoms with E-state index >= 15 is 0 Å². The van der Waals surface area contributed by atoms with Gasteiger partial charge in [-0.15, -0.1) is 0 Å². The second-order valence-electron chi connectivity index (χ2n) is 6.11. The van der Waals surface area contributed by atoms with Crippen LogP contribution in [-0.2, 0) is 15.9 Å². The van der Waals surface area contributed by atoms with E-state index in [1.54, 1.807) is 10.9 Å². The Morgan fingerprint density at radius 1 is 1.37 bits per heavy atom. The summed E-state index contributed by atoms with van der Waals surface area (Å²) >= 11 is 0. The summed E-state index contributed by atoms with van der Waals surface area (Å²) in [6, 6.07) is 2.20. The largest absolute Gasteiger partial charge is 0.498 e. The molecule has 1 fully saturated rings. The van der Waals surface area contributed by atoms with Crippen molar-refractivity contribution in [1.82, 2.24) is 9.78 Å². The van der Waals surface area contributed by atoms with Crippen LogP contribution in [0.3, 0.4) is 0 Å². The first kappa shape index (κ1) is 14.1. The average molecular weight is 261 g/mol. The molecule has 5 nitrogen and oxygen atoms in total. The summed E-state index contributed by atoms with van der Waals surface area (Å²) in [5.41, 5.74) is 0.197. The van der Waals surface area contributed by atoms with Crippen LogP contribution in [0.2, 0.25) is 0 Å². The van der Waals surface area contributed by atoms with Gasteiger partial charge in [0.05, 0.1) is 29.7 Å². The fraction of sp³-hybridized carbons (Fsp3) is 0.692. The van der Waals surface area contributed by atoms with Gasteiger partial charge in [-0.2, -0.15) is 10.4 Å². The number of nitriles is 1. The van der Waals surface area contributed by atoms with Crippen molar-refractivity contribution in [3.05, 3.63) is 12.4 Å². The molecular weight excluding hydrogens is 241 g/mol. The number of nitrogens with zero attached hydrogens (tertiary/aromatic N) is 3. The Kier molecular flexibility index (Phi) is 3.46. The second kappa shape index (κ2) is 4.66. The van der Waals surface area contributed by atoms with E-state index < -0.39 is 7.12 Å². The number of rotatable bonds is 3. The highest BCUT2D eigenvalue weighted by Gasteiger charge is 2.52. The molecule has 0 amide bonds. The van der Waals surface area contributed by atoms with Crippen LogP contribution in [0, 0.1) is 17.2 Å². The molecule has 1 aliphatic heterocycles. The Morgan fingerprint density at radius 2 is 1.95 bits per heavy atom. The summed E-state index contributed by atoms with van der Waals surface area (Å²) in [5.74, 6) is -0.0638. The number of hydrogen-bond donors (Lipinski definition) is 0. The maximum absolute atomic E-state index is 8.81. The highest BCUT2D eigenvalue weighted by Crippen LogP contribution is 2.36. The SMILES string of the molecule is CC(C#N)Cn1cc(B2OC(C)(C)C(C)(C)O2)cn1. The maximum atomic E-state index is 8.81. The van der Waals surface area contributed by atoms with Gasteiger partial charge in [0, 0.05) is 17.9 Å². The van der Waals surface area contributed by atoms with Gasteiger partial charge in [-0.1, -0.05) is 0 Å². The molecule has 1 atom stereocenters. The molecule has 6 heteroatoms. The molecule has 0 N–H and O–H groups in total. The van der Waals surface area contributed by atoms with Gasteiger partial charge in [-0.3, -0.25) is 4.68 Å². The van der Waals surface area contributed by atoms with Crippen LogP contribution in [0.1, 0.15) is 34.6 Å². The van der Waals surface area contributed by atoms with Gasteiger partial charge in [0.2, 0.25) is 0 Å². The van der Waals surface area contributed by atoms with Gasteiger partial charge in [-0.05, 0) is 34.6 Å². The highest BCUT2D eigenvalue weighted by atomic mass is 16.7. The van der Waals surface area contributed by atoms with Crippen LogP contribution >= 0.6 is 0 Å². The predicted molar refractivity (Wildman–Crippen MR) is 72.7 cm³/mol. The Labute approximate surface area is 114 Å². The molecular formula is C13H20BN3O2. The van der Waals surface area contributed by atoms with Crippen molar-refractivity contribution in [2.24, 2.45) is 5.92 Å². The van der Waals surface area contributed by atoms with Gasteiger partial charge in [0.1, 0.15) is 0 Å². The summed E-state index contributed by atoms with van der Waals surface area (Å²) in [4.78, 5) is 0. The number of hydrogen-bond acceptors (Lipinski definition) is 4. The lowest BCUT2D eigenvalue weighted by Gasteiger charge is -2.32. The molecule has 102 valence electrons. The molecule has 0 aromatic carbocycles. The summed E-state index contributed by atoms with van der Waals surface area (Å²) in [6.07, 6.45) is 3.63. The van der Waals surface area contributed by atoms with E-state index in [0.29, 0.717) is 6.54 Å². The van der Waals surface area contributed by atoms with Gasteiger partial charge in [0.15, 0.2) is 0 Å². The third kappa shape index (κ3) is 2.67. The quantitative estimate of drug-likeness (QED) is 0.770. The molecule has 0 bridgehead atoms. The third-order valence-electron chi connectivity index (χ3n) is 3.86. The zero-order valence-corrected chi connectivity index (χ0v) is 12.2. The molecule has 1 aliphatic rings. The van der Waals surface area contributed by atoms with Gasteiger partial charge in [-0.25, -0.2) is 0 Å². The minimum Gasteiger partial charge on any atom is -0.399 e. The van der Waals surface area contributed by atoms with E-state index in [-0.39, 0.29) is 17.1 Å². The normalized spacial score (nSPS) is 22.2. The zero-order chi connectivity index (χ0) is 14.3. The van der Waals surface area contributed by atoms with Crippen molar-refractivity contribution < 1.29 is 9.31 Å². The minimum atomic E-state index is -0.392.